The fourth-order valence-corrected chi connectivity index (χ4v) is 2.90. The number of pyridine rings is 1. The van der Waals surface area contributed by atoms with Crippen LogP contribution < -0.4 is 11.1 Å². The molecule has 8 heteroatoms. The van der Waals surface area contributed by atoms with Crippen molar-refractivity contribution in [3.8, 4) is 0 Å². The van der Waals surface area contributed by atoms with Gasteiger partial charge in [0.15, 0.2) is 0 Å². The largest absolute Gasteiger partial charge is 0.384 e. The van der Waals surface area contributed by atoms with Crippen LogP contribution >= 0.6 is 0 Å². The summed E-state index contributed by atoms with van der Waals surface area (Å²) in [6.45, 7) is 0.654. The number of nitrogens with zero attached hydrogens (tertiary/aromatic N) is 2. The number of hydrogen-bond acceptors (Lipinski definition) is 4. The summed E-state index contributed by atoms with van der Waals surface area (Å²) in [4.78, 5) is 30.1. The van der Waals surface area contributed by atoms with Crippen molar-refractivity contribution in [2.45, 2.75) is 12.8 Å². The minimum atomic E-state index is -0.884. The van der Waals surface area contributed by atoms with Crippen LogP contribution in [0.4, 0.5) is 20.3 Å². The minimum Gasteiger partial charge on any atom is -0.384 e. The lowest BCUT2D eigenvalue weighted by Crippen LogP contribution is -2.41. The molecular weight excluding hydrogens is 342 g/mol. The van der Waals surface area contributed by atoms with E-state index in [0.717, 1.165) is 12.1 Å². The molecule has 1 aliphatic heterocycles. The molecule has 1 aromatic carbocycles. The van der Waals surface area contributed by atoms with Crippen LogP contribution in [-0.2, 0) is 4.79 Å². The third-order valence-corrected chi connectivity index (χ3v) is 4.37. The van der Waals surface area contributed by atoms with Crippen molar-refractivity contribution in [3.05, 3.63) is 53.7 Å². The smallest absolute Gasteiger partial charge is 0.256 e. The minimum absolute atomic E-state index is 0.156. The molecule has 136 valence electrons. The molecule has 0 aliphatic carbocycles. The number of piperidine rings is 1. The Morgan fingerprint density at radius 1 is 1.15 bits per heavy atom. The van der Waals surface area contributed by atoms with Crippen molar-refractivity contribution in [1.29, 1.82) is 0 Å². The van der Waals surface area contributed by atoms with Crippen LogP contribution in [0.25, 0.3) is 0 Å². The second-order valence-corrected chi connectivity index (χ2v) is 6.15. The molecule has 0 bridgehead atoms. The predicted molar refractivity (Wildman–Crippen MR) is 92.3 cm³/mol. The Morgan fingerprint density at radius 3 is 2.50 bits per heavy atom. The molecule has 3 rings (SSSR count). The third-order valence-electron chi connectivity index (χ3n) is 4.37. The second kappa shape index (κ2) is 7.47. The number of anilines is 2. The molecule has 1 fully saturated rings. The molecule has 1 saturated heterocycles. The Balaban J connectivity index is 1.57. The molecule has 0 radical (unpaired) electrons. The van der Waals surface area contributed by atoms with Crippen molar-refractivity contribution in [2.75, 3.05) is 24.1 Å². The van der Waals surface area contributed by atoms with Crippen LogP contribution in [-0.4, -0.2) is 34.8 Å². The summed E-state index contributed by atoms with van der Waals surface area (Å²) in [5, 5.41) is 2.77. The van der Waals surface area contributed by atoms with E-state index >= 15 is 0 Å². The number of carbonyl (C=O) groups is 2. The lowest BCUT2D eigenvalue weighted by molar-refractivity contribution is -0.121. The van der Waals surface area contributed by atoms with E-state index in [1.54, 1.807) is 12.1 Å². The summed E-state index contributed by atoms with van der Waals surface area (Å²) in [7, 11) is 0. The molecule has 2 aromatic rings. The third kappa shape index (κ3) is 3.96. The van der Waals surface area contributed by atoms with Gasteiger partial charge in [0, 0.05) is 25.1 Å². The Labute approximate surface area is 149 Å². The maximum atomic E-state index is 13.8. The predicted octanol–water partition coefficient (Wildman–Crippen LogP) is 2.43. The van der Waals surface area contributed by atoms with Crippen LogP contribution in [0.5, 0.6) is 0 Å². The number of hydrogen-bond donors (Lipinski definition) is 2. The summed E-state index contributed by atoms with van der Waals surface area (Å²) < 4.78 is 26.7. The van der Waals surface area contributed by atoms with Gasteiger partial charge in [-0.15, -0.1) is 0 Å². The lowest BCUT2D eigenvalue weighted by Gasteiger charge is -2.31. The van der Waals surface area contributed by atoms with Gasteiger partial charge in [-0.1, -0.05) is 0 Å². The summed E-state index contributed by atoms with van der Waals surface area (Å²) in [6.07, 6.45) is 2.40. The highest BCUT2D eigenvalue weighted by atomic mass is 19.1. The summed E-state index contributed by atoms with van der Waals surface area (Å²) in [5.74, 6) is -2.16. The number of likely N-dealkylation sites (tertiary alicyclic amines) is 1. The summed E-state index contributed by atoms with van der Waals surface area (Å²) >= 11 is 0. The maximum absolute atomic E-state index is 13.8. The normalized spacial score (nSPS) is 14.9. The summed E-state index contributed by atoms with van der Waals surface area (Å²) in [6, 6.07) is 6.13. The number of nitrogens with two attached hydrogens (primary N) is 1. The zero-order chi connectivity index (χ0) is 18.7. The van der Waals surface area contributed by atoms with Crippen molar-refractivity contribution in [1.82, 2.24) is 9.88 Å². The van der Waals surface area contributed by atoms with E-state index < -0.39 is 17.5 Å². The molecule has 0 spiro atoms. The fourth-order valence-electron chi connectivity index (χ4n) is 2.90. The highest BCUT2D eigenvalue weighted by Crippen LogP contribution is 2.22. The van der Waals surface area contributed by atoms with E-state index in [4.69, 9.17) is 5.73 Å². The number of rotatable bonds is 3. The number of aromatic nitrogens is 1. The molecule has 3 N–H and O–H groups in total. The van der Waals surface area contributed by atoms with Gasteiger partial charge in [-0.3, -0.25) is 9.59 Å². The Hall–Kier alpha value is -3.03. The van der Waals surface area contributed by atoms with Gasteiger partial charge >= 0.3 is 0 Å². The van der Waals surface area contributed by atoms with E-state index in [1.807, 2.05) is 0 Å². The summed E-state index contributed by atoms with van der Waals surface area (Å²) in [5.41, 5.74) is 5.89. The quantitative estimate of drug-likeness (QED) is 0.880. The number of nitrogens with one attached hydrogen (secondary N) is 1. The van der Waals surface area contributed by atoms with Gasteiger partial charge in [0.1, 0.15) is 17.5 Å². The number of halogens is 2. The van der Waals surface area contributed by atoms with E-state index in [-0.39, 0.29) is 17.4 Å². The van der Waals surface area contributed by atoms with Crippen LogP contribution in [0.1, 0.15) is 23.2 Å². The molecule has 1 aromatic heterocycles. The van der Waals surface area contributed by atoms with E-state index in [2.05, 4.69) is 10.3 Å². The van der Waals surface area contributed by atoms with Gasteiger partial charge in [-0.25, -0.2) is 13.8 Å². The molecule has 2 amide bonds. The van der Waals surface area contributed by atoms with Crippen LogP contribution in [0, 0.1) is 17.6 Å². The maximum Gasteiger partial charge on any atom is 0.256 e. The van der Waals surface area contributed by atoms with Gasteiger partial charge in [0.2, 0.25) is 5.91 Å². The van der Waals surface area contributed by atoms with Gasteiger partial charge < -0.3 is 16.0 Å². The van der Waals surface area contributed by atoms with E-state index in [0.29, 0.717) is 43.5 Å². The van der Waals surface area contributed by atoms with E-state index in [9.17, 15) is 18.4 Å². The molecule has 1 aliphatic rings. The van der Waals surface area contributed by atoms with Crippen LogP contribution in [0.3, 0.4) is 0 Å². The number of nitrogen functional groups attached to an aromatic ring is 1. The monoisotopic (exact) mass is 360 g/mol. The first-order valence-electron chi connectivity index (χ1n) is 8.21. The molecule has 0 atom stereocenters. The topological polar surface area (TPSA) is 88.3 Å². The molecular formula is C18H18F2N4O2. The highest BCUT2D eigenvalue weighted by Gasteiger charge is 2.29. The van der Waals surface area contributed by atoms with Gasteiger partial charge in [0.25, 0.3) is 5.91 Å². The molecule has 2 heterocycles. The zero-order valence-electron chi connectivity index (χ0n) is 13.9. The fraction of sp³-hybridized carbons (Fsp3) is 0.278. The average molecular weight is 360 g/mol. The van der Waals surface area contributed by atoms with Crippen LogP contribution in [0.15, 0.2) is 36.5 Å². The first kappa shape index (κ1) is 17.8. The number of benzene rings is 1. The van der Waals surface area contributed by atoms with Gasteiger partial charge in [-0.05, 0) is 37.1 Å². The molecule has 0 saturated carbocycles. The van der Waals surface area contributed by atoms with Crippen molar-refractivity contribution in [2.24, 2.45) is 5.92 Å². The lowest BCUT2D eigenvalue weighted by atomic mass is 9.95. The Kier molecular flexibility index (Phi) is 5.11. The van der Waals surface area contributed by atoms with Crippen molar-refractivity contribution >= 4 is 23.3 Å². The second-order valence-electron chi connectivity index (χ2n) is 6.15. The SMILES string of the molecule is Nc1ccc(NC(=O)C2CCN(C(=O)c3ccc(F)cc3F)CC2)cn1. The Bertz CT molecular complexity index is 818. The highest BCUT2D eigenvalue weighted by molar-refractivity contribution is 5.95. The van der Waals surface area contributed by atoms with E-state index in [1.165, 1.54) is 11.1 Å². The van der Waals surface area contributed by atoms with Gasteiger partial charge in [0.05, 0.1) is 17.4 Å². The average Bonchev–Trinajstić information content (AvgIpc) is 2.63. The van der Waals surface area contributed by atoms with Crippen LogP contribution in [0.2, 0.25) is 0 Å². The molecule has 0 unspecified atom stereocenters. The Morgan fingerprint density at radius 2 is 1.88 bits per heavy atom. The van der Waals surface area contributed by atoms with Crippen molar-refractivity contribution in [3.63, 3.8) is 0 Å². The van der Waals surface area contributed by atoms with Gasteiger partial charge in [-0.2, -0.15) is 0 Å². The number of carbonyl (C=O) groups excluding carboxylic acids is 2. The first-order valence-corrected chi connectivity index (χ1v) is 8.21. The standard InChI is InChI=1S/C18H18F2N4O2/c19-12-1-3-14(15(20)9-12)18(26)24-7-5-11(6-8-24)17(25)23-13-2-4-16(21)22-10-13/h1-4,9-11H,5-8H2,(H2,21,22)(H,23,25). The zero-order valence-corrected chi connectivity index (χ0v) is 13.9. The number of amides is 2. The first-order chi connectivity index (χ1) is 12.4. The van der Waals surface area contributed by atoms with Crippen molar-refractivity contribution < 1.29 is 18.4 Å². The molecule has 26 heavy (non-hydrogen) atoms. The molecule has 6 nitrogen and oxygen atoms in total.